The summed E-state index contributed by atoms with van der Waals surface area (Å²) in [6.45, 7) is 1.77. The summed E-state index contributed by atoms with van der Waals surface area (Å²) < 4.78 is 0. The van der Waals surface area contributed by atoms with Crippen LogP contribution < -0.4 is 0 Å². The minimum atomic E-state index is -0.867. The predicted octanol–water partition coefficient (Wildman–Crippen LogP) is 2.77. The van der Waals surface area contributed by atoms with Crippen LogP contribution in [-0.2, 0) is 4.79 Å². The first kappa shape index (κ1) is 12.1. The summed E-state index contributed by atoms with van der Waals surface area (Å²) in [6.07, 6.45) is 0. The molecule has 88 valence electrons. The van der Waals surface area contributed by atoms with E-state index in [9.17, 15) is 4.79 Å². The molecule has 0 radical (unpaired) electrons. The molecule has 17 heavy (non-hydrogen) atoms. The van der Waals surface area contributed by atoms with Crippen LogP contribution >= 0.6 is 23.4 Å². The van der Waals surface area contributed by atoms with E-state index in [1.54, 1.807) is 25.1 Å². The third-order valence-corrected chi connectivity index (χ3v) is 3.28. The smallest absolute Gasteiger partial charge is 0.313 e. The van der Waals surface area contributed by atoms with Gasteiger partial charge in [0.1, 0.15) is 10.9 Å². The van der Waals surface area contributed by atoms with Crippen LogP contribution in [0.1, 0.15) is 5.82 Å². The molecule has 0 aliphatic heterocycles. The van der Waals surface area contributed by atoms with Crippen LogP contribution in [0, 0.1) is 6.92 Å². The Morgan fingerprint density at radius 3 is 2.94 bits per heavy atom. The molecule has 4 nitrogen and oxygen atoms in total. The molecule has 0 aliphatic rings. The molecule has 0 saturated carbocycles. The molecule has 0 saturated heterocycles. The number of benzene rings is 1. The molecule has 2 aromatic rings. The second-order valence-electron chi connectivity index (χ2n) is 3.42. The van der Waals surface area contributed by atoms with Gasteiger partial charge >= 0.3 is 5.97 Å². The normalized spacial score (nSPS) is 10.7. The second-order valence-corrected chi connectivity index (χ2v) is 4.82. The lowest BCUT2D eigenvalue weighted by Crippen LogP contribution is -2.00. The van der Waals surface area contributed by atoms with Gasteiger partial charge in [-0.3, -0.25) is 4.79 Å². The van der Waals surface area contributed by atoms with E-state index in [1.807, 2.05) is 0 Å². The van der Waals surface area contributed by atoms with Crippen LogP contribution in [0.4, 0.5) is 0 Å². The molecule has 0 bridgehead atoms. The maximum Gasteiger partial charge on any atom is 0.313 e. The highest BCUT2D eigenvalue weighted by atomic mass is 35.5. The van der Waals surface area contributed by atoms with Crippen LogP contribution in [-0.4, -0.2) is 26.8 Å². The highest BCUT2D eigenvalue weighted by Crippen LogP contribution is 2.27. The number of halogens is 1. The molecule has 0 spiro atoms. The van der Waals surface area contributed by atoms with E-state index in [0.29, 0.717) is 15.9 Å². The summed E-state index contributed by atoms with van der Waals surface area (Å²) in [6, 6.07) is 5.30. The standard InChI is InChI=1S/C11H9ClN2O2S/c1-6-13-9-4-7(12)2-3-8(9)11(14-6)17-5-10(15)16/h2-4H,5H2,1H3,(H,15,16). The number of fused-ring (bicyclic) bond motifs is 1. The van der Waals surface area contributed by atoms with E-state index < -0.39 is 5.97 Å². The van der Waals surface area contributed by atoms with Crippen molar-refractivity contribution in [1.82, 2.24) is 9.97 Å². The van der Waals surface area contributed by atoms with Crippen LogP contribution in [0.5, 0.6) is 0 Å². The first-order chi connectivity index (χ1) is 8.06. The fourth-order valence-electron chi connectivity index (χ4n) is 1.42. The Kier molecular flexibility index (Phi) is 3.49. The number of hydrogen-bond donors (Lipinski definition) is 1. The van der Waals surface area contributed by atoms with Gasteiger partial charge in [0.15, 0.2) is 0 Å². The summed E-state index contributed by atoms with van der Waals surface area (Å²) in [7, 11) is 0. The Labute approximate surface area is 107 Å². The third kappa shape index (κ3) is 2.87. The quantitative estimate of drug-likeness (QED) is 0.685. The highest BCUT2D eigenvalue weighted by molar-refractivity contribution is 8.00. The molecule has 0 atom stereocenters. The van der Waals surface area contributed by atoms with Gasteiger partial charge in [-0.2, -0.15) is 0 Å². The van der Waals surface area contributed by atoms with Crippen molar-refractivity contribution in [2.24, 2.45) is 0 Å². The van der Waals surface area contributed by atoms with E-state index in [-0.39, 0.29) is 5.75 Å². The van der Waals surface area contributed by atoms with Crippen molar-refractivity contribution in [3.8, 4) is 0 Å². The van der Waals surface area contributed by atoms with Gasteiger partial charge < -0.3 is 5.11 Å². The summed E-state index contributed by atoms with van der Waals surface area (Å²) >= 11 is 7.07. The number of carbonyl (C=O) groups is 1. The number of aryl methyl sites for hydroxylation is 1. The van der Waals surface area contributed by atoms with Crippen molar-refractivity contribution in [3.63, 3.8) is 0 Å². The number of rotatable bonds is 3. The Morgan fingerprint density at radius 2 is 2.24 bits per heavy atom. The van der Waals surface area contributed by atoms with Crippen LogP contribution in [0.25, 0.3) is 10.9 Å². The van der Waals surface area contributed by atoms with Crippen molar-refractivity contribution in [1.29, 1.82) is 0 Å². The Bertz CT molecular complexity index is 584. The van der Waals surface area contributed by atoms with E-state index >= 15 is 0 Å². The molecule has 2 rings (SSSR count). The first-order valence-electron chi connectivity index (χ1n) is 4.85. The lowest BCUT2D eigenvalue weighted by Gasteiger charge is -2.05. The minimum Gasteiger partial charge on any atom is -0.481 e. The Morgan fingerprint density at radius 1 is 1.47 bits per heavy atom. The average molecular weight is 269 g/mol. The molecule has 1 heterocycles. The monoisotopic (exact) mass is 268 g/mol. The van der Waals surface area contributed by atoms with E-state index in [0.717, 1.165) is 10.9 Å². The van der Waals surface area contributed by atoms with Gasteiger partial charge in [-0.1, -0.05) is 23.4 Å². The fourth-order valence-corrected chi connectivity index (χ4v) is 2.38. The van der Waals surface area contributed by atoms with Gasteiger partial charge in [0, 0.05) is 10.4 Å². The van der Waals surface area contributed by atoms with Crippen molar-refractivity contribution < 1.29 is 9.90 Å². The second kappa shape index (κ2) is 4.89. The zero-order valence-electron chi connectivity index (χ0n) is 8.98. The number of carboxylic acids is 1. The van der Waals surface area contributed by atoms with Crippen LogP contribution in [0.2, 0.25) is 5.02 Å². The summed E-state index contributed by atoms with van der Waals surface area (Å²) in [4.78, 5) is 19.1. The summed E-state index contributed by atoms with van der Waals surface area (Å²) in [5.41, 5.74) is 0.734. The van der Waals surface area contributed by atoms with E-state index in [1.165, 1.54) is 11.8 Å². The molecule has 0 unspecified atom stereocenters. The van der Waals surface area contributed by atoms with Gasteiger partial charge in [0.25, 0.3) is 0 Å². The number of aliphatic carboxylic acids is 1. The largest absolute Gasteiger partial charge is 0.481 e. The van der Waals surface area contributed by atoms with Crippen molar-refractivity contribution in [3.05, 3.63) is 29.0 Å². The molecule has 0 amide bonds. The van der Waals surface area contributed by atoms with Gasteiger partial charge in [-0.25, -0.2) is 9.97 Å². The van der Waals surface area contributed by atoms with Crippen molar-refractivity contribution >= 4 is 40.2 Å². The molecule has 1 N–H and O–H groups in total. The van der Waals surface area contributed by atoms with Gasteiger partial charge in [-0.05, 0) is 25.1 Å². The average Bonchev–Trinajstić information content (AvgIpc) is 2.24. The number of nitrogens with zero attached hydrogens (tertiary/aromatic N) is 2. The lowest BCUT2D eigenvalue weighted by atomic mass is 10.2. The molecular weight excluding hydrogens is 260 g/mol. The van der Waals surface area contributed by atoms with Crippen molar-refractivity contribution in [2.75, 3.05) is 5.75 Å². The number of hydrogen-bond acceptors (Lipinski definition) is 4. The maximum absolute atomic E-state index is 10.6. The van der Waals surface area contributed by atoms with Gasteiger partial charge in [0.05, 0.1) is 11.3 Å². The molecule has 0 fully saturated rings. The maximum atomic E-state index is 10.6. The molecular formula is C11H9ClN2O2S. The molecule has 1 aromatic heterocycles. The highest BCUT2D eigenvalue weighted by Gasteiger charge is 2.08. The zero-order chi connectivity index (χ0) is 12.4. The molecule has 1 aromatic carbocycles. The third-order valence-electron chi connectivity index (χ3n) is 2.07. The van der Waals surface area contributed by atoms with Crippen molar-refractivity contribution in [2.45, 2.75) is 11.9 Å². The lowest BCUT2D eigenvalue weighted by molar-refractivity contribution is -0.133. The Balaban J connectivity index is 2.50. The first-order valence-corrected chi connectivity index (χ1v) is 6.21. The van der Waals surface area contributed by atoms with Gasteiger partial charge in [-0.15, -0.1) is 0 Å². The Hall–Kier alpha value is -1.33. The molecule has 0 aliphatic carbocycles. The van der Waals surface area contributed by atoms with E-state index in [2.05, 4.69) is 9.97 Å². The minimum absolute atomic E-state index is 0.0197. The SMILES string of the molecule is Cc1nc(SCC(=O)O)c2ccc(Cl)cc2n1. The fraction of sp³-hybridized carbons (Fsp3) is 0.182. The number of thioether (sulfide) groups is 1. The number of aromatic nitrogens is 2. The topological polar surface area (TPSA) is 63.1 Å². The molecule has 6 heteroatoms. The number of carboxylic acid groups (broad SMARTS) is 1. The zero-order valence-corrected chi connectivity index (χ0v) is 10.5. The van der Waals surface area contributed by atoms with Gasteiger partial charge in [0.2, 0.25) is 0 Å². The predicted molar refractivity (Wildman–Crippen MR) is 67.6 cm³/mol. The van der Waals surface area contributed by atoms with E-state index in [4.69, 9.17) is 16.7 Å². The summed E-state index contributed by atoms with van der Waals surface area (Å²) in [5, 5.41) is 10.8. The van der Waals surface area contributed by atoms with Crippen LogP contribution in [0.15, 0.2) is 23.2 Å². The van der Waals surface area contributed by atoms with Crippen LogP contribution in [0.3, 0.4) is 0 Å². The summed E-state index contributed by atoms with van der Waals surface area (Å²) in [5.74, 6) is -0.283.